The van der Waals surface area contributed by atoms with Crippen LogP contribution in [0.5, 0.6) is 5.75 Å². The molecule has 1 aromatic carbocycles. The lowest BCUT2D eigenvalue weighted by molar-refractivity contribution is 0.376. The van der Waals surface area contributed by atoms with E-state index in [2.05, 4.69) is 32.0 Å². The Morgan fingerprint density at radius 3 is 2.80 bits per heavy atom. The van der Waals surface area contributed by atoms with Crippen LogP contribution in [0.1, 0.15) is 43.7 Å². The van der Waals surface area contributed by atoms with Crippen molar-refractivity contribution in [2.45, 2.75) is 39.0 Å². The van der Waals surface area contributed by atoms with Crippen LogP contribution >= 0.6 is 0 Å². The van der Waals surface area contributed by atoms with Gasteiger partial charge in [0.25, 0.3) is 0 Å². The summed E-state index contributed by atoms with van der Waals surface area (Å²) in [5, 5.41) is 0. The van der Waals surface area contributed by atoms with Gasteiger partial charge in [0.05, 0.1) is 7.11 Å². The first-order chi connectivity index (χ1) is 7.24. The molecule has 2 rings (SSSR count). The minimum absolute atomic E-state index is 0.685. The van der Waals surface area contributed by atoms with E-state index in [1.165, 1.54) is 30.4 Å². The molecular weight excluding hydrogens is 184 g/mol. The molecule has 1 heteroatoms. The molecular formula is C14H20O. The highest BCUT2D eigenvalue weighted by atomic mass is 16.5. The van der Waals surface area contributed by atoms with E-state index in [0.717, 1.165) is 5.75 Å². The fourth-order valence-electron chi connectivity index (χ4n) is 2.73. The number of rotatable bonds is 2. The molecule has 0 amide bonds. The molecule has 0 heterocycles. The second kappa shape index (κ2) is 4.26. The third kappa shape index (κ3) is 1.88. The van der Waals surface area contributed by atoms with E-state index in [1.807, 2.05) is 0 Å². The van der Waals surface area contributed by atoms with E-state index in [1.54, 1.807) is 7.11 Å². The van der Waals surface area contributed by atoms with Gasteiger partial charge in [-0.1, -0.05) is 26.0 Å². The standard InChI is InChI=1S/C14H20O/c1-10(2)12-8-4-6-11-7-5-9-13(15-3)14(11)12/h5,7,9-10,12H,4,6,8H2,1-3H3. The second-order valence-electron chi connectivity index (χ2n) is 4.78. The summed E-state index contributed by atoms with van der Waals surface area (Å²) in [5.74, 6) is 2.48. The van der Waals surface area contributed by atoms with Crippen molar-refractivity contribution in [2.75, 3.05) is 7.11 Å². The summed E-state index contributed by atoms with van der Waals surface area (Å²) in [6.07, 6.45) is 3.85. The van der Waals surface area contributed by atoms with Gasteiger partial charge in [0.1, 0.15) is 5.75 Å². The van der Waals surface area contributed by atoms with Crippen LogP contribution in [-0.4, -0.2) is 7.11 Å². The van der Waals surface area contributed by atoms with Crippen molar-refractivity contribution in [1.82, 2.24) is 0 Å². The van der Waals surface area contributed by atoms with Gasteiger partial charge < -0.3 is 4.74 Å². The number of hydrogen-bond acceptors (Lipinski definition) is 1. The van der Waals surface area contributed by atoms with Crippen LogP contribution in [0.25, 0.3) is 0 Å². The Bertz CT molecular complexity index is 327. The Morgan fingerprint density at radius 1 is 1.33 bits per heavy atom. The highest BCUT2D eigenvalue weighted by Gasteiger charge is 2.25. The molecule has 1 aromatic rings. The van der Waals surface area contributed by atoms with Gasteiger partial charge in [-0.25, -0.2) is 0 Å². The van der Waals surface area contributed by atoms with E-state index < -0.39 is 0 Å². The molecule has 0 spiro atoms. The van der Waals surface area contributed by atoms with E-state index in [0.29, 0.717) is 11.8 Å². The van der Waals surface area contributed by atoms with E-state index >= 15 is 0 Å². The Kier molecular flexibility index (Phi) is 2.99. The summed E-state index contributed by atoms with van der Waals surface area (Å²) >= 11 is 0. The Labute approximate surface area is 92.5 Å². The molecule has 0 N–H and O–H groups in total. The fraction of sp³-hybridized carbons (Fsp3) is 0.571. The monoisotopic (exact) mass is 204 g/mol. The molecule has 0 fully saturated rings. The first-order valence-electron chi connectivity index (χ1n) is 5.89. The number of benzene rings is 1. The van der Waals surface area contributed by atoms with Gasteiger partial charge in [-0.05, 0) is 42.7 Å². The maximum absolute atomic E-state index is 5.49. The van der Waals surface area contributed by atoms with Gasteiger partial charge in [-0.15, -0.1) is 0 Å². The third-order valence-electron chi connectivity index (χ3n) is 3.51. The Hall–Kier alpha value is -0.980. The van der Waals surface area contributed by atoms with Crippen molar-refractivity contribution in [2.24, 2.45) is 5.92 Å². The van der Waals surface area contributed by atoms with E-state index in [9.17, 15) is 0 Å². The summed E-state index contributed by atoms with van der Waals surface area (Å²) in [6.45, 7) is 4.62. The highest BCUT2D eigenvalue weighted by molar-refractivity contribution is 5.44. The van der Waals surface area contributed by atoms with Crippen LogP contribution in [0.3, 0.4) is 0 Å². The number of ether oxygens (including phenoxy) is 1. The largest absolute Gasteiger partial charge is 0.496 e. The lowest BCUT2D eigenvalue weighted by Crippen LogP contribution is -2.15. The maximum Gasteiger partial charge on any atom is 0.122 e. The molecule has 1 nitrogen and oxygen atoms in total. The van der Waals surface area contributed by atoms with Crippen LogP contribution in [0.2, 0.25) is 0 Å². The van der Waals surface area contributed by atoms with Crippen LogP contribution in [0, 0.1) is 5.92 Å². The zero-order valence-electron chi connectivity index (χ0n) is 9.92. The number of hydrogen-bond donors (Lipinski definition) is 0. The van der Waals surface area contributed by atoms with Gasteiger partial charge in [-0.2, -0.15) is 0 Å². The molecule has 1 aliphatic carbocycles. The lowest BCUT2D eigenvalue weighted by Gasteiger charge is -2.30. The quantitative estimate of drug-likeness (QED) is 0.712. The summed E-state index contributed by atoms with van der Waals surface area (Å²) in [6, 6.07) is 6.46. The minimum Gasteiger partial charge on any atom is -0.496 e. The Balaban J connectivity index is 2.47. The van der Waals surface area contributed by atoms with Gasteiger partial charge >= 0.3 is 0 Å². The highest BCUT2D eigenvalue weighted by Crippen LogP contribution is 2.41. The van der Waals surface area contributed by atoms with Gasteiger partial charge in [-0.3, -0.25) is 0 Å². The first kappa shape index (κ1) is 10.5. The maximum atomic E-state index is 5.49. The first-order valence-corrected chi connectivity index (χ1v) is 5.89. The SMILES string of the molecule is COc1cccc2c1C(C(C)C)CCC2. The molecule has 1 unspecified atom stereocenters. The van der Waals surface area contributed by atoms with Crippen molar-refractivity contribution in [3.8, 4) is 5.75 Å². The molecule has 0 radical (unpaired) electrons. The molecule has 1 aliphatic rings. The summed E-state index contributed by atoms with van der Waals surface area (Å²) in [7, 11) is 1.78. The van der Waals surface area contributed by atoms with Crippen molar-refractivity contribution in [3.63, 3.8) is 0 Å². The summed E-state index contributed by atoms with van der Waals surface area (Å²) in [5.41, 5.74) is 2.97. The molecule has 0 aromatic heterocycles. The van der Waals surface area contributed by atoms with Crippen molar-refractivity contribution in [1.29, 1.82) is 0 Å². The van der Waals surface area contributed by atoms with Crippen molar-refractivity contribution < 1.29 is 4.74 Å². The second-order valence-corrected chi connectivity index (χ2v) is 4.78. The predicted molar refractivity (Wildman–Crippen MR) is 63.5 cm³/mol. The lowest BCUT2D eigenvalue weighted by atomic mass is 9.76. The van der Waals surface area contributed by atoms with Gasteiger partial charge in [0.2, 0.25) is 0 Å². The van der Waals surface area contributed by atoms with Crippen molar-refractivity contribution in [3.05, 3.63) is 29.3 Å². The molecule has 0 saturated heterocycles. The zero-order chi connectivity index (χ0) is 10.8. The van der Waals surface area contributed by atoms with Gasteiger partial charge in [0, 0.05) is 5.56 Å². The molecule has 82 valence electrons. The van der Waals surface area contributed by atoms with Crippen LogP contribution in [0.15, 0.2) is 18.2 Å². The third-order valence-corrected chi connectivity index (χ3v) is 3.51. The molecule has 15 heavy (non-hydrogen) atoms. The zero-order valence-corrected chi connectivity index (χ0v) is 9.92. The normalized spacial score (nSPS) is 20.1. The summed E-state index contributed by atoms with van der Waals surface area (Å²) < 4.78 is 5.49. The van der Waals surface area contributed by atoms with Gasteiger partial charge in [0.15, 0.2) is 0 Å². The van der Waals surface area contributed by atoms with E-state index in [-0.39, 0.29) is 0 Å². The fourth-order valence-corrected chi connectivity index (χ4v) is 2.73. The average Bonchev–Trinajstić information content (AvgIpc) is 2.27. The van der Waals surface area contributed by atoms with Crippen LogP contribution in [-0.2, 0) is 6.42 Å². The molecule has 1 atom stereocenters. The van der Waals surface area contributed by atoms with E-state index in [4.69, 9.17) is 4.74 Å². The van der Waals surface area contributed by atoms with Crippen LogP contribution in [0.4, 0.5) is 0 Å². The number of methoxy groups -OCH3 is 1. The Morgan fingerprint density at radius 2 is 2.13 bits per heavy atom. The molecule has 0 aliphatic heterocycles. The van der Waals surface area contributed by atoms with Crippen LogP contribution < -0.4 is 4.74 Å². The predicted octanol–water partition coefficient (Wildman–Crippen LogP) is 3.77. The molecule has 0 saturated carbocycles. The number of fused-ring (bicyclic) bond motifs is 1. The average molecular weight is 204 g/mol. The topological polar surface area (TPSA) is 9.23 Å². The number of aryl methyl sites for hydroxylation is 1. The summed E-state index contributed by atoms with van der Waals surface area (Å²) in [4.78, 5) is 0. The smallest absolute Gasteiger partial charge is 0.122 e. The van der Waals surface area contributed by atoms with Crippen molar-refractivity contribution >= 4 is 0 Å². The molecule has 0 bridgehead atoms. The minimum atomic E-state index is 0.685.